The summed E-state index contributed by atoms with van der Waals surface area (Å²) in [5.74, 6) is 1.31. The number of hydrogen-bond acceptors (Lipinski definition) is 3. The van der Waals surface area contributed by atoms with E-state index in [2.05, 4.69) is 58.7 Å². The van der Waals surface area contributed by atoms with Gasteiger partial charge in [-0.15, -0.1) is 0 Å². The molecule has 2 aliphatic rings. The Morgan fingerprint density at radius 1 is 1.10 bits per heavy atom. The molecule has 5 heteroatoms. The van der Waals surface area contributed by atoms with Crippen molar-refractivity contribution in [1.29, 1.82) is 0 Å². The fourth-order valence-electron chi connectivity index (χ4n) is 5.25. The zero-order valence-corrected chi connectivity index (χ0v) is 20.0. The van der Waals surface area contributed by atoms with Crippen LogP contribution in [0.3, 0.4) is 0 Å². The van der Waals surface area contributed by atoms with Gasteiger partial charge < -0.3 is 15.1 Å². The molecule has 0 aliphatic carbocycles. The first kappa shape index (κ1) is 24.2. The van der Waals surface area contributed by atoms with E-state index in [0.29, 0.717) is 23.8 Å². The fraction of sp³-hybridized carbons (Fsp3) is 0.917. The van der Waals surface area contributed by atoms with Crippen LogP contribution in [0.1, 0.15) is 87.0 Å². The van der Waals surface area contributed by atoms with Crippen LogP contribution >= 0.6 is 0 Å². The van der Waals surface area contributed by atoms with Crippen molar-refractivity contribution >= 4 is 11.8 Å². The predicted molar refractivity (Wildman–Crippen MR) is 120 cm³/mol. The smallest absolute Gasteiger partial charge is 0.246 e. The third-order valence-electron chi connectivity index (χ3n) is 6.55. The Labute approximate surface area is 179 Å². The summed E-state index contributed by atoms with van der Waals surface area (Å²) in [6.07, 6.45) is 5.56. The summed E-state index contributed by atoms with van der Waals surface area (Å²) in [5, 5.41) is 3.09. The first-order valence-electron chi connectivity index (χ1n) is 11.8. The van der Waals surface area contributed by atoms with E-state index in [1.165, 1.54) is 12.8 Å². The van der Waals surface area contributed by atoms with Gasteiger partial charge in [0, 0.05) is 19.6 Å². The highest BCUT2D eigenvalue weighted by atomic mass is 16.2. The van der Waals surface area contributed by atoms with Crippen LogP contribution in [-0.4, -0.2) is 59.4 Å². The molecule has 1 spiro atoms. The van der Waals surface area contributed by atoms with Crippen molar-refractivity contribution in [3.8, 4) is 0 Å². The van der Waals surface area contributed by atoms with Crippen LogP contribution in [-0.2, 0) is 9.59 Å². The Bertz CT molecular complexity index is 559. The van der Waals surface area contributed by atoms with E-state index in [-0.39, 0.29) is 17.9 Å². The summed E-state index contributed by atoms with van der Waals surface area (Å²) < 4.78 is 0. The molecule has 168 valence electrons. The fourth-order valence-corrected chi connectivity index (χ4v) is 5.25. The molecule has 2 saturated heterocycles. The number of carbonyl (C=O) groups excluding carboxylic acids is 2. The van der Waals surface area contributed by atoms with Gasteiger partial charge in [-0.25, -0.2) is 0 Å². The molecule has 1 N–H and O–H groups in total. The highest BCUT2D eigenvalue weighted by Gasteiger charge is 2.53. The standard InChI is InChI=1S/C24H45N3O2/c1-8-12-27-21(28)20(16-18(2)3)25-22(29)24(27)10-14-26(15-11-24)13-9-19(4)17-23(5,6)7/h18-20H,8-17H2,1-7H3,(H,25,29). The normalized spacial score (nSPS) is 24.3. The SMILES string of the molecule is CCCN1C(=O)C(CC(C)C)NC(=O)C12CCN(CCC(C)CC(C)(C)C)CC2. The first-order valence-corrected chi connectivity index (χ1v) is 11.8. The van der Waals surface area contributed by atoms with Crippen LogP contribution in [0.15, 0.2) is 0 Å². The van der Waals surface area contributed by atoms with Gasteiger partial charge in [-0.2, -0.15) is 0 Å². The molecule has 29 heavy (non-hydrogen) atoms. The minimum absolute atomic E-state index is 0.0805. The van der Waals surface area contributed by atoms with Crippen LogP contribution in [0.25, 0.3) is 0 Å². The van der Waals surface area contributed by atoms with Crippen molar-refractivity contribution in [2.24, 2.45) is 17.3 Å². The highest BCUT2D eigenvalue weighted by Crippen LogP contribution is 2.34. The Hall–Kier alpha value is -1.10. The van der Waals surface area contributed by atoms with Crippen LogP contribution in [0, 0.1) is 17.3 Å². The second-order valence-electron chi connectivity index (χ2n) is 11.2. The van der Waals surface area contributed by atoms with Crippen LogP contribution in [0.4, 0.5) is 0 Å². The van der Waals surface area contributed by atoms with E-state index in [1.54, 1.807) is 0 Å². The minimum Gasteiger partial charge on any atom is -0.342 e. The Balaban J connectivity index is 1.99. The van der Waals surface area contributed by atoms with Crippen molar-refractivity contribution in [1.82, 2.24) is 15.1 Å². The maximum absolute atomic E-state index is 13.2. The molecule has 0 saturated carbocycles. The van der Waals surface area contributed by atoms with Gasteiger partial charge in [0.25, 0.3) is 0 Å². The molecule has 2 atom stereocenters. The summed E-state index contributed by atoms with van der Waals surface area (Å²) in [4.78, 5) is 30.8. The Morgan fingerprint density at radius 3 is 2.24 bits per heavy atom. The third kappa shape index (κ3) is 6.19. The number of hydrogen-bond donors (Lipinski definition) is 1. The molecule has 0 aromatic carbocycles. The van der Waals surface area contributed by atoms with Crippen LogP contribution < -0.4 is 5.32 Å². The van der Waals surface area contributed by atoms with Crippen molar-refractivity contribution in [2.75, 3.05) is 26.2 Å². The molecule has 2 heterocycles. The summed E-state index contributed by atoms with van der Waals surface area (Å²) in [6.45, 7) is 19.1. The quantitative estimate of drug-likeness (QED) is 0.660. The third-order valence-corrected chi connectivity index (χ3v) is 6.55. The van der Waals surface area contributed by atoms with Crippen molar-refractivity contribution < 1.29 is 9.59 Å². The maximum Gasteiger partial charge on any atom is 0.246 e. The lowest BCUT2D eigenvalue weighted by Gasteiger charge is -2.52. The van der Waals surface area contributed by atoms with Crippen LogP contribution in [0.5, 0.6) is 0 Å². The Morgan fingerprint density at radius 2 is 1.72 bits per heavy atom. The van der Waals surface area contributed by atoms with E-state index in [4.69, 9.17) is 0 Å². The number of carbonyl (C=O) groups is 2. The molecule has 0 aromatic heterocycles. The number of amides is 2. The monoisotopic (exact) mass is 407 g/mol. The number of nitrogens with zero attached hydrogens (tertiary/aromatic N) is 2. The summed E-state index contributed by atoms with van der Waals surface area (Å²) in [7, 11) is 0. The van der Waals surface area contributed by atoms with E-state index < -0.39 is 5.54 Å². The van der Waals surface area contributed by atoms with Gasteiger partial charge in [-0.05, 0) is 62.3 Å². The minimum atomic E-state index is -0.631. The summed E-state index contributed by atoms with van der Waals surface area (Å²) in [5.41, 5.74) is -0.257. The molecule has 2 unspecified atom stereocenters. The van der Waals surface area contributed by atoms with Gasteiger partial charge in [0.1, 0.15) is 11.6 Å². The van der Waals surface area contributed by atoms with Crippen molar-refractivity contribution in [3.63, 3.8) is 0 Å². The van der Waals surface area contributed by atoms with Crippen molar-refractivity contribution in [3.05, 3.63) is 0 Å². The number of piperazine rings is 1. The molecule has 0 bridgehead atoms. The molecule has 2 aliphatic heterocycles. The second-order valence-corrected chi connectivity index (χ2v) is 11.2. The van der Waals surface area contributed by atoms with Gasteiger partial charge in [-0.3, -0.25) is 9.59 Å². The molecule has 0 aromatic rings. The van der Waals surface area contributed by atoms with E-state index >= 15 is 0 Å². The Kier molecular flexibility index (Phi) is 8.17. The first-order chi connectivity index (χ1) is 13.5. The van der Waals surface area contributed by atoms with E-state index in [1.807, 2.05) is 4.90 Å². The summed E-state index contributed by atoms with van der Waals surface area (Å²) >= 11 is 0. The zero-order valence-electron chi connectivity index (χ0n) is 20.0. The van der Waals surface area contributed by atoms with Gasteiger partial charge >= 0.3 is 0 Å². The van der Waals surface area contributed by atoms with E-state index in [9.17, 15) is 9.59 Å². The summed E-state index contributed by atoms with van der Waals surface area (Å²) in [6, 6.07) is -0.351. The number of rotatable bonds is 8. The molecule has 2 fully saturated rings. The molecule has 5 nitrogen and oxygen atoms in total. The zero-order chi connectivity index (χ0) is 21.8. The topological polar surface area (TPSA) is 52.7 Å². The average Bonchev–Trinajstić information content (AvgIpc) is 2.61. The maximum atomic E-state index is 13.2. The number of nitrogens with one attached hydrogen (secondary N) is 1. The number of piperidine rings is 1. The molecule has 2 rings (SSSR count). The van der Waals surface area contributed by atoms with Gasteiger partial charge in [0.15, 0.2) is 0 Å². The van der Waals surface area contributed by atoms with Crippen LogP contribution in [0.2, 0.25) is 0 Å². The lowest BCUT2D eigenvalue weighted by atomic mass is 9.80. The van der Waals surface area contributed by atoms with Crippen molar-refractivity contribution in [2.45, 2.75) is 98.6 Å². The molecule has 2 amide bonds. The average molecular weight is 408 g/mol. The number of likely N-dealkylation sites (tertiary alicyclic amines) is 1. The van der Waals surface area contributed by atoms with Gasteiger partial charge in [-0.1, -0.05) is 48.5 Å². The van der Waals surface area contributed by atoms with Gasteiger partial charge in [0.2, 0.25) is 11.8 Å². The van der Waals surface area contributed by atoms with Gasteiger partial charge in [0.05, 0.1) is 0 Å². The largest absolute Gasteiger partial charge is 0.342 e. The molecular weight excluding hydrogens is 362 g/mol. The van der Waals surface area contributed by atoms with E-state index in [0.717, 1.165) is 45.3 Å². The molecular formula is C24H45N3O2. The lowest BCUT2D eigenvalue weighted by molar-refractivity contribution is -0.161. The second kappa shape index (κ2) is 9.80. The predicted octanol–water partition coefficient (Wildman–Crippen LogP) is 4.07. The lowest BCUT2D eigenvalue weighted by Crippen LogP contribution is -2.73. The highest BCUT2D eigenvalue weighted by molar-refractivity contribution is 6.00. The molecule has 0 radical (unpaired) electrons.